The minimum atomic E-state index is -0.919. The third-order valence-electron chi connectivity index (χ3n) is 1.98. The smallest absolute Gasteiger partial charge is 0.147 e. The highest BCUT2D eigenvalue weighted by molar-refractivity contribution is 7.84. The van der Waals surface area contributed by atoms with Crippen molar-refractivity contribution in [1.29, 1.82) is 5.26 Å². The van der Waals surface area contributed by atoms with Crippen LogP contribution in [0.1, 0.15) is 12.5 Å². The third-order valence-corrected chi connectivity index (χ3v) is 2.95. The predicted octanol–water partition coefficient (Wildman–Crippen LogP) is 1.88. The van der Waals surface area contributed by atoms with Gasteiger partial charge in [0.05, 0.1) is 17.3 Å². The Morgan fingerprint density at radius 2 is 2.31 bits per heavy atom. The van der Waals surface area contributed by atoms with Gasteiger partial charge in [0.15, 0.2) is 0 Å². The first-order chi connectivity index (χ1) is 7.52. The van der Waals surface area contributed by atoms with Gasteiger partial charge in [-0.2, -0.15) is 5.26 Å². The van der Waals surface area contributed by atoms with Crippen LogP contribution in [0.3, 0.4) is 0 Å². The van der Waals surface area contributed by atoms with E-state index in [0.717, 1.165) is 0 Å². The van der Waals surface area contributed by atoms with Crippen LogP contribution in [0, 0.1) is 17.1 Å². The summed E-state index contributed by atoms with van der Waals surface area (Å²) in [6.45, 7) is 1.83. The molecule has 1 rings (SSSR count). The molecule has 0 saturated heterocycles. The molecule has 2 unspecified atom stereocenters. The molecule has 86 valence electrons. The Bertz CT molecular complexity index is 442. The lowest BCUT2D eigenvalue weighted by Crippen LogP contribution is -2.22. The van der Waals surface area contributed by atoms with E-state index in [2.05, 4.69) is 5.32 Å². The molecule has 2 atom stereocenters. The SMILES string of the molecule is CC(CS(C)=O)Nc1ccc(C#N)cc1F. The zero-order valence-electron chi connectivity index (χ0n) is 9.16. The summed E-state index contributed by atoms with van der Waals surface area (Å²) in [4.78, 5) is 0. The largest absolute Gasteiger partial charge is 0.379 e. The molecule has 1 aromatic rings. The minimum absolute atomic E-state index is 0.0757. The standard InChI is InChI=1S/C11H13FN2OS/c1-8(7-16(2)15)14-11-4-3-9(6-13)5-10(11)12/h3-5,8,14H,7H2,1-2H3. The Balaban J connectivity index is 2.75. The molecule has 0 bridgehead atoms. The molecular formula is C11H13FN2OS. The van der Waals surface area contributed by atoms with E-state index in [9.17, 15) is 8.60 Å². The van der Waals surface area contributed by atoms with Crippen LogP contribution in [-0.4, -0.2) is 22.3 Å². The maximum absolute atomic E-state index is 13.4. The van der Waals surface area contributed by atoms with Gasteiger partial charge in [-0.15, -0.1) is 0 Å². The number of hydrogen-bond acceptors (Lipinski definition) is 3. The van der Waals surface area contributed by atoms with Gasteiger partial charge in [-0.25, -0.2) is 4.39 Å². The molecule has 16 heavy (non-hydrogen) atoms. The zero-order valence-corrected chi connectivity index (χ0v) is 9.97. The fourth-order valence-corrected chi connectivity index (χ4v) is 2.15. The van der Waals surface area contributed by atoms with Crippen molar-refractivity contribution in [3.63, 3.8) is 0 Å². The number of nitriles is 1. The van der Waals surface area contributed by atoms with Gasteiger partial charge in [0.1, 0.15) is 5.82 Å². The molecule has 1 aromatic carbocycles. The molecule has 0 saturated carbocycles. The Morgan fingerprint density at radius 3 is 2.81 bits per heavy atom. The normalized spacial score (nSPS) is 13.9. The van der Waals surface area contributed by atoms with Gasteiger partial charge in [-0.3, -0.25) is 4.21 Å². The van der Waals surface area contributed by atoms with E-state index < -0.39 is 16.6 Å². The van der Waals surface area contributed by atoms with E-state index in [-0.39, 0.29) is 11.6 Å². The second-order valence-corrected chi connectivity index (χ2v) is 5.07. The molecule has 0 fully saturated rings. The summed E-state index contributed by atoms with van der Waals surface area (Å²) in [5.74, 6) is -0.00723. The highest BCUT2D eigenvalue weighted by atomic mass is 32.2. The zero-order chi connectivity index (χ0) is 12.1. The topological polar surface area (TPSA) is 52.9 Å². The number of rotatable bonds is 4. The Hall–Kier alpha value is -1.41. The molecule has 0 radical (unpaired) electrons. The average molecular weight is 240 g/mol. The van der Waals surface area contributed by atoms with E-state index in [1.807, 2.05) is 13.0 Å². The number of nitrogens with zero attached hydrogens (tertiary/aromatic N) is 1. The fraction of sp³-hybridized carbons (Fsp3) is 0.364. The number of anilines is 1. The summed E-state index contributed by atoms with van der Waals surface area (Å²) in [5, 5.41) is 11.5. The summed E-state index contributed by atoms with van der Waals surface area (Å²) >= 11 is 0. The Labute approximate surface area is 96.7 Å². The van der Waals surface area contributed by atoms with Crippen molar-refractivity contribution in [2.24, 2.45) is 0 Å². The van der Waals surface area contributed by atoms with Crippen molar-refractivity contribution < 1.29 is 8.60 Å². The van der Waals surface area contributed by atoms with Gasteiger partial charge in [-0.1, -0.05) is 0 Å². The van der Waals surface area contributed by atoms with Crippen LogP contribution in [-0.2, 0) is 10.8 Å². The first-order valence-corrected chi connectivity index (χ1v) is 6.52. The number of benzene rings is 1. The number of halogens is 1. The molecule has 1 N–H and O–H groups in total. The fourth-order valence-electron chi connectivity index (χ4n) is 1.36. The van der Waals surface area contributed by atoms with E-state index in [4.69, 9.17) is 5.26 Å². The Morgan fingerprint density at radius 1 is 1.62 bits per heavy atom. The van der Waals surface area contributed by atoms with Crippen LogP contribution >= 0.6 is 0 Å². The van der Waals surface area contributed by atoms with Crippen molar-refractivity contribution in [3.8, 4) is 6.07 Å². The van der Waals surface area contributed by atoms with E-state index >= 15 is 0 Å². The van der Waals surface area contributed by atoms with Gasteiger partial charge < -0.3 is 5.32 Å². The molecule has 0 amide bonds. The van der Waals surface area contributed by atoms with Crippen molar-refractivity contribution in [2.75, 3.05) is 17.3 Å². The molecule has 0 aliphatic carbocycles. The lowest BCUT2D eigenvalue weighted by molar-refractivity contribution is 0.627. The van der Waals surface area contributed by atoms with Crippen LogP contribution in [0.2, 0.25) is 0 Å². The third kappa shape index (κ3) is 3.63. The van der Waals surface area contributed by atoms with Gasteiger partial charge in [0.25, 0.3) is 0 Å². The molecule has 5 heteroatoms. The molecule has 0 aromatic heterocycles. The highest BCUT2D eigenvalue weighted by Crippen LogP contribution is 2.16. The van der Waals surface area contributed by atoms with E-state index in [1.54, 1.807) is 12.3 Å². The first kappa shape index (κ1) is 12.7. The van der Waals surface area contributed by atoms with Gasteiger partial charge in [0, 0.05) is 28.9 Å². The maximum Gasteiger partial charge on any atom is 0.147 e. The second-order valence-electron chi connectivity index (χ2n) is 3.59. The lowest BCUT2D eigenvalue weighted by atomic mass is 10.2. The lowest BCUT2D eigenvalue weighted by Gasteiger charge is -2.14. The average Bonchev–Trinajstić information content (AvgIpc) is 2.19. The number of hydrogen-bond donors (Lipinski definition) is 1. The highest BCUT2D eigenvalue weighted by Gasteiger charge is 2.08. The monoisotopic (exact) mass is 240 g/mol. The van der Waals surface area contributed by atoms with Crippen LogP contribution in [0.15, 0.2) is 18.2 Å². The van der Waals surface area contributed by atoms with Crippen molar-refractivity contribution >= 4 is 16.5 Å². The molecule has 0 aliphatic heterocycles. The second kappa shape index (κ2) is 5.61. The molecule has 0 heterocycles. The van der Waals surface area contributed by atoms with Crippen LogP contribution in [0.25, 0.3) is 0 Å². The first-order valence-electron chi connectivity index (χ1n) is 4.79. The van der Waals surface area contributed by atoms with Crippen LogP contribution in [0.4, 0.5) is 10.1 Å². The predicted molar refractivity (Wildman–Crippen MR) is 63.1 cm³/mol. The van der Waals surface area contributed by atoms with Gasteiger partial charge in [-0.05, 0) is 25.1 Å². The van der Waals surface area contributed by atoms with Crippen molar-refractivity contribution in [3.05, 3.63) is 29.6 Å². The minimum Gasteiger partial charge on any atom is -0.379 e. The van der Waals surface area contributed by atoms with Gasteiger partial charge >= 0.3 is 0 Å². The number of nitrogens with one attached hydrogen (secondary N) is 1. The molecule has 3 nitrogen and oxygen atoms in total. The summed E-state index contributed by atoms with van der Waals surface area (Å²) in [7, 11) is -0.919. The van der Waals surface area contributed by atoms with Crippen LogP contribution in [0.5, 0.6) is 0 Å². The van der Waals surface area contributed by atoms with E-state index in [1.165, 1.54) is 12.1 Å². The summed E-state index contributed by atoms with van der Waals surface area (Å²) in [5.41, 5.74) is 0.617. The van der Waals surface area contributed by atoms with Crippen LogP contribution < -0.4 is 5.32 Å². The summed E-state index contributed by atoms with van der Waals surface area (Å²) < 4.78 is 24.4. The molecule has 0 spiro atoms. The van der Waals surface area contributed by atoms with Crippen molar-refractivity contribution in [1.82, 2.24) is 0 Å². The Kier molecular flexibility index (Phi) is 4.44. The molecular weight excluding hydrogens is 227 g/mol. The summed E-state index contributed by atoms with van der Waals surface area (Å²) in [6.07, 6.45) is 1.60. The van der Waals surface area contributed by atoms with Gasteiger partial charge in [0.2, 0.25) is 0 Å². The van der Waals surface area contributed by atoms with E-state index in [0.29, 0.717) is 11.4 Å². The quantitative estimate of drug-likeness (QED) is 0.874. The summed E-state index contributed by atoms with van der Waals surface area (Å²) in [6, 6.07) is 6.03. The van der Waals surface area contributed by atoms with Crippen molar-refractivity contribution in [2.45, 2.75) is 13.0 Å². The molecule has 0 aliphatic rings. The maximum atomic E-state index is 13.4.